The molecule has 2 saturated carbocycles. The van der Waals surface area contributed by atoms with Gasteiger partial charge in [-0.1, -0.05) is 11.6 Å². The summed E-state index contributed by atoms with van der Waals surface area (Å²) in [5.41, 5.74) is 4.68. The lowest BCUT2D eigenvalue weighted by Gasteiger charge is -2.34. The van der Waals surface area contributed by atoms with E-state index in [9.17, 15) is 28.7 Å². The fourth-order valence-corrected chi connectivity index (χ4v) is 5.77. The highest BCUT2D eigenvalue weighted by atomic mass is 35.5. The lowest BCUT2D eigenvalue weighted by Crippen LogP contribution is -2.59. The Bertz CT molecular complexity index is 1000. The molecule has 0 bridgehead atoms. The van der Waals surface area contributed by atoms with E-state index in [0.717, 1.165) is 13.8 Å². The third-order valence-corrected chi connectivity index (χ3v) is 7.31. The average molecular weight is 556 g/mol. The molecule has 2 aliphatic carbocycles. The summed E-state index contributed by atoms with van der Waals surface area (Å²) in [4.78, 5) is 47.9. The molecule has 3 rings (SSSR count). The Balaban J connectivity index is 0.00000432. The van der Waals surface area contributed by atoms with Gasteiger partial charge in [-0.05, 0) is 18.2 Å². The van der Waals surface area contributed by atoms with Crippen molar-refractivity contribution in [3.05, 3.63) is 29.0 Å². The molecule has 0 amide bonds. The number of carbonyl (C=O) groups excluding carboxylic acids is 4. The molecular weight excluding hydrogens is 532 g/mol. The van der Waals surface area contributed by atoms with Gasteiger partial charge in [-0.15, -0.1) is 24.2 Å². The van der Waals surface area contributed by atoms with Crippen LogP contribution in [0.4, 0.5) is 4.39 Å². The van der Waals surface area contributed by atoms with Gasteiger partial charge >= 0.3 is 23.9 Å². The number of carbonyl (C=O) groups is 4. The Morgan fingerprint density at radius 1 is 1.11 bits per heavy atom. The van der Waals surface area contributed by atoms with Crippen LogP contribution in [0, 0.1) is 29.5 Å². The molecule has 0 saturated heterocycles. The number of benzene rings is 1. The van der Waals surface area contributed by atoms with Crippen LogP contribution in [-0.2, 0) is 38.1 Å². The molecule has 6 atom stereocenters. The summed E-state index contributed by atoms with van der Waals surface area (Å²) in [5.74, 6) is -6.84. The molecule has 10 nitrogen and oxygen atoms in total. The Kier molecular flexibility index (Phi) is 9.77. The van der Waals surface area contributed by atoms with Gasteiger partial charge in [0.15, 0.2) is 0 Å². The van der Waals surface area contributed by atoms with Crippen LogP contribution in [0.25, 0.3) is 0 Å². The molecule has 1 aromatic carbocycles. The fourth-order valence-electron chi connectivity index (χ4n) is 4.31. The second-order valence-corrected chi connectivity index (χ2v) is 9.45. The molecule has 0 aliphatic heterocycles. The van der Waals surface area contributed by atoms with E-state index in [2.05, 4.69) is 9.47 Å². The maximum Gasteiger partial charge on any atom is 0.329 e. The van der Waals surface area contributed by atoms with Gasteiger partial charge in [0.05, 0.1) is 17.0 Å². The van der Waals surface area contributed by atoms with E-state index in [1.807, 2.05) is 0 Å². The molecule has 0 heterocycles. The normalized spacial score (nSPS) is 28.2. The largest absolute Gasteiger partial charge is 0.428 e. The highest BCUT2D eigenvalue weighted by Gasteiger charge is 2.78. The molecule has 0 unspecified atom stereocenters. The second kappa shape index (κ2) is 11.7. The van der Waals surface area contributed by atoms with Crippen molar-refractivity contribution in [3.8, 4) is 0 Å². The van der Waals surface area contributed by atoms with Gasteiger partial charge in [-0.3, -0.25) is 14.4 Å². The Hall–Kier alpha value is -2.12. The van der Waals surface area contributed by atoms with Crippen molar-refractivity contribution in [3.63, 3.8) is 0 Å². The predicted octanol–water partition coefficient (Wildman–Crippen LogP) is 1.67. The lowest BCUT2D eigenvalue weighted by atomic mass is 9.81. The third-order valence-electron chi connectivity index (χ3n) is 5.91. The van der Waals surface area contributed by atoms with Crippen LogP contribution in [-0.4, -0.2) is 60.0 Å². The second-order valence-electron chi connectivity index (χ2n) is 7.95. The van der Waals surface area contributed by atoms with Gasteiger partial charge in [0.25, 0.3) is 0 Å². The molecule has 35 heavy (non-hydrogen) atoms. The number of hydrogen-bond acceptors (Lipinski definition) is 11. The zero-order valence-electron chi connectivity index (χ0n) is 18.6. The molecular formula is C21H24Cl2FNO9S. The first-order chi connectivity index (χ1) is 16.0. The standard InChI is InChI=1S/C21H23ClFNO9S.ClH/c1-9(25)30-7-32-19(28)16-15-17(16)21(24,20(29)33-8-31-10(2)26)12(18(15)27)6-34-11-3-4-14(23)13(22)5-11;/h3-5,12,15-18,27H,6-8,24H2,1-2H3;1H/t12-,15+,16+,17+,18-,21+;/m1./s1. The van der Waals surface area contributed by atoms with Crippen LogP contribution < -0.4 is 5.73 Å². The maximum atomic E-state index is 13.4. The van der Waals surface area contributed by atoms with Crippen molar-refractivity contribution < 1.29 is 47.6 Å². The molecule has 0 radical (unpaired) electrons. The molecule has 2 aliphatic rings. The zero-order chi connectivity index (χ0) is 25.2. The maximum absolute atomic E-state index is 13.4. The smallest absolute Gasteiger partial charge is 0.329 e. The summed E-state index contributed by atoms with van der Waals surface area (Å²) < 4.78 is 32.6. The number of aliphatic hydroxyl groups is 1. The van der Waals surface area contributed by atoms with E-state index in [-0.39, 0.29) is 23.2 Å². The minimum absolute atomic E-state index is 0. The van der Waals surface area contributed by atoms with Crippen LogP contribution in [0.5, 0.6) is 0 Å². The highest BCUT2D eigenvalue weighted by molar-refractivity contribution is 7.99. The number of aliphatic hydroxyl groups excluding tert-OH is 1. The summed E-state index contributed by atoms with van der Waals surface area (Å²) >= 11 is 7.00. The van der Waals surface area contributed by atoms with E-state index in [1.165, 1.54) is 30.0 Å². The first-order valence-electron chi connectivity index (χ1n) is 10.1. The lowest BCUT2D eigenvalue weighted by molar-refractivity contribution is -0.173. The summed E-state index contributed by atoms with van der Waals surface area (Å²) in [7, 11) is 0. The summed E-state index contributed by atoms with van der Waals surface area (Å²) in [6, 6.07) is 4.07. The van der Waals surface area contributed by atoms with E-state index >= 15 is 0 Å². The first-order valence-corrected chi connectivity index (χ1v) is 11.5. The van der Waals surface area contributed by atoms with E-state index < -0.39 is 78.6 Å². The Labute approximate surface area is 215 Å². The number of esters is 4. The van der Waals surface area contributed by atoms with Crippen molar-refractivity contribution in [2.45, 2.75) is 30.4 Å². The van der Waals surface area contributed by atoms with Crippen molar-refractivity contribution in [2.75, 3.05) is 19.3 Å². The van der Waals surface area contributed by atoms with Gasteiger partial charge in [0.1, 0.15) is 11.4 Å². The molecule has 2 fully saturated rings. The van der Waals surface area contributed by atoms with Crippen LogP contribution in [0.15, 0.2) is 23.1 Å². The van der Waals surface area contributed by atoms with Crippen LogP contribution in [0.2, 0.25) is 5.02 Å². The fraction of sp³-hybridized carbons (Fsp3) is 0.524. The quantitative estimate of drug-likeness (QED) is 0.260. The summed E-state index contributed by atoms with van der Waals surface area (Å²) in [5, 5.41) is 10.9. The minimum Gasteiger partial charge on any atom is -0.428 e. The number of fused-ring (bicyclic) bond motifs is 1. The first kappa shape index (κ1) is 29.1. The highest BCUT2D eigenvalue weighted by Crippen LogP contribution is 2.64. The van der Waals surface area contributed by atoms with Gasteiger partial charge < -0.3 is 29.8 Å². The minimum atomic E-state index is -1.81. The molecule has 1 aromatic rings. The Morgan fingerprint density at radius 2 is 1.71 bits per heavy atom. The zero-order valence-corrected chi connectivity index (χ0v) is 21.0. The SMILES string of the molecule is CC(=O)OCOC(=O)[C@H]1[C@@H]2[C@H](O)[C@@H](CSc3ccc(F)c(Cl)c3)[C@@](N)(C(=O)OCOC(C)=O)[C@H]12.Cl. The number of rotatable bonds is 9. The number of thioether (sulfide) groups is 1. The average Bonchev–Trinajstić information content (AvgIpc) is 3.47. The monoisotopic (exact) mass is 555 g/mol. The molecule has 3 N–H and O–H groups in total. The molecule has 194 valence electrons. The number of ether oxygens (including phenoxy) is 4. The molecule has 0 spiro atoms. The summed E-state index contributed by atoms with van der Waals surface area (Å²) in [6.07, 6.45) is -1.18. The van der Waals surface area contributed by atoms with Crippen molar-refractivity contribution in [1.82, 2.24) is 0 Å². The van der Waals surface area contributed by atoms with Crippen LogP contribution >= 0.6 is 35.8 Å². The van der Waals surface area contributed by atoms with Crippen LogP contribution in [0.3, 0.4) is 0 Å². The van der Waals surface area contributed by atoms with E-state index in [1.54, 1.807) is 0 Å². The van der Waals surface area contributed by atoms with Crippen molar-refractivity contribution in [1.29, 1.82) is 0 Å². The molecule has 0 aromatic heterocycles. The van der Waals surface area contributed by atoms with Gasteiger partial charge in [0.2, 0.25) is 13.6 Å². The van der Waals surface area contributed by atoms with Crippen LogP contribution in [0.1, 0.15) is 13.8 Å². The van der Waals surface area contributed by atoms with E-state index in [4.69, 9.17) is 26.8 Å². The van der Waals surface area contributed by atoms with Crippen molar-refractivity contribution >= 4 is 59.6 Å². The van der Waals surface area contributed by atoms with Gasteiger partial charge in [-0.2, -0.15) is 0 Å². The summed E-state index contributed by atoms with van der Waals surface area (Å²) in [6.45, 7) is 0.976. The van der Waals surface area contributed by atoms with Crippen molar-refractivity contribution in [2.24, 2.45) is 29.4 Å². The molecule has 14 heteroatoms. The number of nitrogens with two attached hydrogens (primary N) is 1. The predicted molar refractivity (Wildman–Crippen MR) is 122 cm³/mol. The van der Waals surface area contributed by atoms with Gasteiger partial charge in [-0.25, -0.2) is 9.18 Å². The topological polar surface area (TPSA) is 151 Å². The van der Waals surface area contributed by atoms with Gasteiger partial charge in [0, 0.05) is 42.2 Å². The number of hydrogen-bond donors (Lipinski definition) is 2. The Morgan fingerprint density at radius 3 is 2.29 bits per heavy atom. The van der Waals surface area contributed by atoms with E-state index in [0.29, 0.717) is 4.90 Å². The third kappa shape index (κ3) is 6.18. The number of halogens is 3.